The van der Waals surface area contributed by atoms with E-state index in [0.29, 0.717) is 24.3 Å². The van der Waals surface area contributed by atoms with Crippen LogP contribution in [0.1, 0.15) is 53.4 Å². The van der Waals surface area contributed by atoms with Gasteiger partial charge in [-0.05, 0) is 46.0 Å². The molecule has 1 saturated carbocycles. The van der Waals surface area contributed by atoms with Crippen LogP contribution in [0.15, 0.2) is 11.3 Å². The van der Waals surface area contributed by atoms with E-state index in [-0.39, 0.29) is 22.9 Å². The fourth-order valence-electron chi connectivity index (χ4n) is 3.64. The van der Waals surface area contributed by atoms with Crippen molar-refractivity contribution in [1.82, 2.24) is 0 Å². The van der Waals surface area contributed by atoms with Gasteiger partial charge in [0.2, 0.25) is 0 Å². The summed E-state index contributed by atoms with van der Waals surface area (Å²) in [5, 5.41) is 10.1. The lowest BCUT2D eigenvalue weighted by molar-refractivity contribution is -0.139. The fourth-order valence-corrected chi connectivity index (χ4v) is 3.64. The minimum atomic E-state index is -0.413. The zero-order valence-electron chi connectivity index (χ0n) is 13.2. The predicted octanol–water partition coefficient (Wildman–Crippen LogP) is 3.37. The number of allylic oxidation sites excluding steroid dienone is 1. The Bertz CT molecular complexity index is 432. The van der Waals surface area contributed by atoms with E-state index in [1.807, 2.05) is 0 Å². The van der Waals surface area contributed by atoms with Gasteiger partial charge >= 0.3 is 5.97 Å². The normalized spacial score (nSPS) is 34.0. The van der Waals surface area contributed by atoms with Crippen molar-refractivity contribution in [1.29, 1.82) is 0 Å². The Kier molecular flexibility index (Phi) is 3.89. The van der Waals surface area contributed by atoms with Crippen molar-refractivity contribution in [2.75, 3.05) is 7.11 Å². The van der Waals surface area contributed by atoms with Crippen LogP contribution in [0.4, 0.5) is 0 Å². The Hall–Kier alpha value is -1.03. The van der Waals surface area contributed by atoms with Gasteiger partial charge in [-0.1, -0.05) is 6.92 Å². The van der Waals surface area contributed by atoms with Gasteiger partial charge in [0.05, 0.1) is 24.4 Å². The van der Waals surface area contributed by atoms with Crippen molar-refractivity contribution in [2.45, 2.75) is 65.1 Å². The monoisotopic (exact) mass is 282 g/mol. The first kappa shape index (κ1) is 15.4. The highest BCUT2D eigenvalue weighted by Crippen LogP contribution is 2.55. The van der Waals surface area contributed by atoms with Gasteiger partial charge in [-0.15, -0.1) is 0 Å². The third kappa shape index (κ3) is 2.71. The molecule has 20 heavy (non-hydrogen) atoms. The maximum atomic E-state index is 11.8. The number of ether oxygens (including phenoxy) is 2. The second-order valence-corrected chi connectivity index (χ2v) is 7.30. The maximum absolute atomic E-state index is 11.8. The van der Waals surface area contributed by atoms with E-state index in [4.69, 9.17) is 9.47 Å². The number of rotatable bonds is 2. The van der Waals surface area contributed by atoms with Gasteiger partial charge in [-0.25, -0.2) is 4.79 Å². The summed E-state index contributed by atoms with van der Waals surface area (Å²) in [6.45, 7) is 8.35. The number of aliphatic hydroxyl groups is 1. The molecular formula is C16H26O4. The number of methoxy groups -OCH3 is 1. The number of aliphatic hydroxyl groups excluding tert-OH is 1. The molecule has 0 bridgehead atoms. The fraction of sp³-hybridized carbons (Fsp3) is 0.812. The van der Waals surface area contributed by atoms with Gasteiger partial charge in [0.25, 0.3) is 0 Å². The lowest BCUT2D eigenvalue weighted by Gasteiger charge is -2.42. The zero-order chi connectivity index (χ0) is 15.1. The Labute approximate surface area is 121 Å². The second kappa shape index (κ2) is 5.06. The number of carbonyl (C=O) groups excluding carboxylic acids is 1. The number of esters is 1. The molecule has 0 aromatic carbocycles. The summed E-state index contributed by atoms with van der Waals surface area (Å²) in [7, 11) is 1.36. The number of fused-ring (bicyclic) bond motifs is 1. The average Bonchev–Trinajstić information content (AvgIpc) is 2.63. The molecule has 2 aliphatic rings. The van der Waals surface area contributed by atoms with Crippen LogP contribution in [-0.2, 0) is 14.3 Å². The molecule has 3 atom stereocenters. The standard InChI is InChI=1S/C16H26O4/c1-15(2,3)20-13-7-6-10-8-12(17)11(14(18)19-5)9-16(10,13)4/h10,13,17H,6-9H2,1-5H3/t10-,13-,16-/m1/s1. The molecule has 0 heterocycles. The Morgan fingerprint density at radius 3 is 2.55 bits per heavy atom. The predicted molar refractivity (Wildman–Crippen MR) is 76.4 cm³/mol. The van der Waals surface area contributed by atoms with E-state index in [0.717, 1.165) is 12.8 Å². The highest BCUT2D eigenvalue weighted by Gasteiger charge is 2.52. The number of carbonyl (C=O) groups is 1. The second-order valence-electron chi connectivity index (χ2n) is 7.30. The van der Waals surface area contributed by atoms with Gasteiger partial charge in [-0.2, -0.15) is 0 Å². The summed E-state index contributed by atoms with van der Waals surface area (Å²) in [4.78, 5) is 11.8. The Balaban J connectivity index is 2.25. The molecular weight excluding hydrogens is 256 g/mol. The first-order valence-electron chi connectivity index (χ1n) is 7.34. The summed E-state index contributed by atoms with van der Waals surface area (Å²) < 4.78 is 11.0. The van der Waals surface area contributed by atoms with Crippen molar-refractivity contribution in [2.24, 2.45) is 11.3 Å². The van der Waals surface area contributed by atoms with Gasteiger partial charge in [0.15, 0.2) is 0 Å². The highest BCUT2D eigenvalue weighted by molar-refractivity contribution is 5.89. The van der Waals surface area contributed by atoms with E-state index in [2.05, 4.69) is 27.7 Å². The maximum Gasteiger partial charge on any atom is 0.337 e. The molecule has 1 N–H and O–H groups in total. The van der Waals surface area contributed by atoms with Gasteiger partial charge in [-0.3, -0.25) is 0 Å². The van der Waals surface area contributed by atoms with Crippen LogP contribution < -0.4 is 0 Å². The van der Waals surface area contributed by atoms with Gasteiger partial charge < -0.3 is 14.6 Å². The quantitative estimate of drug-likeness (QED) is 0.789. The molecule has 2 aliphatic carbocycles. The molecule has 0 aromatic heterocycles. The molecule has 0 unspecified atom stereocenters. The molecule has 1 fully saturated rings. The molecule has 4 heteroatoms. The lowest BCUT2D eigenvalue weighted by Crippen LogP contribution is -2.42. The molecule has 0 spiro atoms. The van der Waals surface area contributed by atoms with Gasteiger partial charge in [0, 0.05) is 11.8 Å². The van der Waals surface area contributed by atoms with Crippen LogP contribution in [-0.4, -0.2) is 29.9 Å². The Morgan fingerprint density at radius 1 is 1.35 bits per heavy atom. The number of hydrogen-bond acceptors (Lipinski definition) is 4. The molecule has 0 radical (unpaired) electrons. The molecule has 0 aliphatic heterocycles. The first-order valence-corrected chi connectivity index (χ1v) is 7.34. The van der Waals surface area contributed by atoms with Gasteiger partial charge in [0.1, 0.15) is 5.76 Å². The van der Waals surface area contributed by atoms with Crippen LogP contribution in [0.2, 0.25) is 0 Å². The van der Waals surface area contributed by atoms with Crippen LogP contribution in [0.25, 0.3) is 0 Å². The van der Waals surface area contributed by atoms with Crippen LogP contribution in [0, 0.1) is 11.3 Å². The van der Waals surface area contributed by atoms with Crippen LogP contribution in [0.5, 0.6) is 0 Å². The largest absolute Gasteiger partial charge is 0.512 e. The summed E-state index contributed by atoms with van der Waals surface area (Å²) in [6, 6.07) is 0. The molecule has 4 nitrogen and oxygen atoms in total. The van der Waals surface area contributed by atoms with Crippen molar-refractivity contribution < 1.29 is 19.4 Å². The third-order valence-corrected chi connectivity index (χ3v) is 4.72. The third-order valence-electron chi connectivity index (χ3n) is 4.72. The number of hydrogen-bond donors (Lipinski definition) is 1. The van der Waals surface area contributed by atoms with E-state index >= 15 is 0 Å². The first-order chi connectivity index (χ1) is 9.17. The van der Waals surface area contributed by atoms with E-state index in [1.54, 1.807) is 0 Å². The smallest absolute Gasteiger partial charge is 0.337 e. The van der Waals surface area contributed by atoms with E-state index < -0.39 is 5.97 Å². The van der Waals surface area contributed by atoms with E-state index in [9.17, 15) is 9.90 Å². The van der Waals surface area contributed by atoms with Crippen molar-refractivity contribution in [3.63, 3.8) is 0 Å². The summed E-state index contributed by atoms with van der Waals surface area (Å²) in [6.07, 6.45) is 3.25. The van der Waals surface area contributed by atoms with Crippen molar-refractivity contribution in [3.05, 3.63) is 11.3 Å². The summed E-state index contributed by atoms with van der Waals surface area (Å²) in [5.41, 5.74) is 0.135. The lowest BCUT2D eigenvalue weighted by atomic mass is 9.68. The zero-order valence-corrected chi connectivity index (χ0v) is 13.2. The average molecular weight is 282 g/mol. The van der Waals surface area contributed by atoms with Crippen molar-refractivity contribution in [3.8, 4) is 0 Å². The van der Waals surface area contributed by atoms with Crippen LogP contribution in [0.3, 0.4) is 0 Å². The summed E-state index contributed by atoms with van der Waals surface area (Å²) >= 11 is 0. The van der Waals surface area contributed by atoms with Crippen molar-refractivity contribution >= 4 is 5.97 Å². The SMILES string of the molecule is COC(=O)C1=C(O)C[C@H]2CC[C@@H](OC(C)(C)C)[C@]2(C)C1. The van der Waals surface area contributed by atoms with E-state index in [1.165, 1.54) is 7.11 Å². The molecule has 0 aromatic rings. The minimum absolute atomic E-state index is 0.0942. The molecule has 0 saturated heterocycles. The molecule has 114 valence electrons. The Morgan fingerprint density at radius 2 is 2.00 bits per heavy atom. The molecule has 2 rings (SSSR count). The summed E-state index contributed by atoms with van der Waals surface area (Å²) in [5.74, 6) is 0.169. The van der Waals surface area contributed by atoms with Crippen LogP contribution >= 0.6 is 0 Å². The minimum Gasteiger partial charge on any atom is -0.512 e. The molecule has 0 amide bonds. The topological polar surface area (TPSA) is 55.8 Å². The highest BCUT2D eigenvalue weighted by atomic mass is 16.5.